The summed E-state index contributed by atoms with van der Waals surface area (Å²) in [6.07, 6.45) is 3.51. The van der Waals surface area contributed by atoms with Crippen LogP contribution in [0.25, 0.3) is 0 Å². The number of nitrogens with two attached hydrogens (primary N) is 1. The summed E-state index contributed by atoms with van der Waals surface area (Å²) in [4.78, 5) is 14.5. The molecule has 20 heavy (non-hydrogen) atoms. The number of para-hydroxylation sites is 1. The standard InChI is InChI=1S/C16H22N2O2/c17-9-13-7-8-18(10-13)16(19)14-3-1-2-4-15(14)20-11-12-5-6-12/h1-4,12-13H,5-11,17H2/t13-/m1/s1. The minimum absolute atomic E-state index is 0.0762. The average molecular weight is 274 g/mol. The van der Waals surface area contributed by atoms with Crippen LogP contribution in [0.3, 0.4) is 0 Å². The maximum Gasteiger partial charge on any atom is 0.257 e. The number of likely N-dealkylation sites (tertiary alicyclic amines) is 1. The number of amides is 1. The lowest BCUT2D eigenvalue weighted by Crippen LogP contribution is -2.30. The fourth-order valence-corrected chi connectivity index (χ4v) is 2.64. The Balaban J connectivity index is 1.70. The monoisotopic (exact) mass is 274 g/mol. The van der Waals surface area contributed by atoms with E-state index in [2.05, 4.69) is 0 Å². The van der Waals surface area contributed by atoms with E-state index in [9.17, 15) is 4.79 Å². The molecule has 0 bridgehead atoms. The van der Waals surface area contributed by atoms with Crippen molar-refractivity contribution in [3.05, 3.63) is 29.8 Å². The molecule has 4 nitrogen and oxygen atoms in total. The number of benzene rings is 1. The molecule has 1 aromatic rings. The minimum Gasteiger partial charge on any atom is -0.492 e. The Morgan fingerprint density at radius 1 is 1.25 bits per heavy atom. The van der Waals surface area contributed by atoms with Crippen LogP contribution < -0.4 is 10.5 Å². The van der Waals surface area contributed by atoms with Gasteiger partial charge in [0, 0.05) is 13.1 Å². The molecule has 2 fully saturated rings. The Morgan fingerprint density at radius 2 is 2.05 bits per heavy atom. The molecule has 1 saturated heterocycles. The Bertz CT molecular complexity index is 485. The highest BCUT2D eigenvalue weighted by Crippen LogP contribution is 2.31. The summed E-state index contributed by atoms with van der Waals surface area (Å²) in [6, 6.07) is 7.58. The van der Waals surface area contributed by atoms with Crippen molar-refractivity contribution in [2.24, 2.45) is 17.6 Å². The van der Waals surface area contributed by atoms with Gasteiger partial charge in [0.2, 0.25) is 0 Å². The summed E-state index contributed by atoms with van der Waals surface area (Å²) in [5, 5.41) is 0. The van der Waals surface area contributed by atoms with Crippen LogP contribution in [0, 0.1) is 11.8 Å². The van der Waals surface area contributed by atoms with Gasteiger partial charge in [0.25, 0.3) is 5.91 Å². The summed E-state index contributed by atoms with van der Waals surface area (Å²) in [6.45, 7) is 2.96. The number of rotatable bonds is 5. The van der Waals surface area contributed by atoms with E-state index in [1.807, 2.05) is 29.2 Å². The third-order valence-electron chi connectivity index (χ3n) is 4.20. The first-order valence-corrected chi connectivity index (χ1v) is 7.49. The van der Waals surface area contributed by atoms with E-state index in [4.69, 9.17) is 10.5 Å². The first kappa shape index (κ1) is 13.4. The molecule has 0 spiro atoms. The second-order valence-electron chi connectivity index (χ2n) is 5.89. The molecule has 1 aliphatic heterocycles. The van der Waals surface area contributed by atoms with E-state index in [0.717, 1.165) is 31.9 Å². The molecule has 2 N–H and O–H groups in total. The first-order valence-electron chi connectivity index (χ1n) is 7.49. The van der Waals surface area contributed by atoms with Crippen LogP contribution in [0.5, 0.6) is 5.75 Å². The third kappa shape index (κ3) is 2.96. The van der Waals surface area contributed by atoms with E-state index in [-0.39, 0.29) is 5.91 Å². The molecular formula is C16H22N2O2. The highest BCUT2D eigenvalue weighted by molar-refractivity contribution is 5.97. The zero-order chi connectivity index (χ0) is 13.9. The third-order valence-corrected chi connectivity index (χ3v) is 4.20. The Morgan fingerprint density at radius 3 is 2.75 bits per heavy atom. The number of ether oxygens (including phenoxy) is 1. The number of hydrogen-bond donors (Lipinski definition) is 1. The van der Waals surface area contributed by atoms with Gasteiger partial charge in [-0.2, -0.15) is 0 Å². The minimum atomic E-state index is 0.0762. The van der Waals surface area contributed by atoms with Crippen LogP contribution in [0.2, 0.25) is 0 Å². The van der Waals surface area contributed by atoms with E-state index in [1.54, 1.807) is 0 Å². The van der Waals surface area contributed by atoms with Gasteiger partial charge in [-0.05, 0) is 49.8 Å². The maximum absolute atomic E-state index is 12.6. The van der Waals surface area contributed by atoms with Gasteiger partial charge in [0.05, 0.1) is 12.2 Å². The van der Waals surface area contributed by atoms with Crippen LogP contribution in [0.4, 0.5) is 0 Å². The lowest BCUT2D eigenvalue weighted by atomic mass is 10.1. The highest BCUT2D eigenvalue weighted by atomic mass is 16.5. The molecule has 1 aromatic carbocycles. The van der Waals surface area contributed by atoms with Crippen molar-refractivity contribution in [1.82, 2.24) is 4.90 Å². The van der Waals surface area contributed by atoms with Gasteiger partial charge in [0.15, 0.2) is 0 Å². The van der Waals surface area contributed by atoms with E-state index in [0.29, 0.717) is 23.9 Å². The van der Waals surface area contributed by atoms with E-state index >= 15 is 0 Å². The van der Waals surface area contributed by atoms with E-state index in [1.165, 1.54) is 12.8 Å². The quantitative estimate of drug-likeness (QED) is 0.892. The SMILES string of the molecule is NC[C@H]1CCN(C(=O)c2ccccc2OCC2CC2)C1. The number of carbonyl (C=O) groups is 1. The van der Waals surface area contributed by atoms with Crippen LogP contribution in [0.15, 0.2) is 24.3 Å². The van der Waals surface area contributed by atoms with Crippen LogP contribution >= 0.6 is 0 Å². The molecule has 4 heteroatoms. The predicted octanol–water partition coefficient (Wildman–Crippen LogP) is 1.90. The molecular weight excluding hydrogens is 252 g/mol. The van der Waals surface area contributed by atoms with E-state index < -0.39 is 0 Å². The van der Waals surface area contributed by atoms with Crippen LogP contribution in [0.1, 0.15) is 29.6 Å². The van der Waals surface area contributed by atoms with Gasteiger partial charge in [-0.3, -0.25) is 4.79 Å². The van der Waals surface area contributed by atoms with Crippen molar-refractivity contribution in [3.63, 3.8) is 0 Å². The van der Waals surface area contributed by atoms with Crippen molar-refractivity contribution in [2.75, 3.05) is 26.2 Å². The normalized spacial score (nSPS) is 22.1. The maximum atomic E-state index is 12.6. The largest absolute Gasteiger partial charge is 0.492 e. The zero-order valence-corrected chi connectivity index (χ0v) is 11.8. The second-order valence-corrected chi connectivity index (χ2v) is 5.89. The number of carbonyl (C=O) groups excluding carboxylic acids is 1. The van der Waals surface area contributed by atoms with Gasteiger partial charge >= 0.3 is 0 Å². The zero-order valence-electron chi connectivity index (χ0n) is 11.8. The summed E-state index contributed by atoms with van der Waals surface area (Å²) in [7, 11) is 0. The van der Waals surface area contributed by atoms with Gasteiger partial charge in [-0.1, -0.05) is 12.1 Å². The van der Waals surface area contributed by atoms with Crippen molar-refractivity contribution in [3.8, 4) is 5.75 Å². The van der Waals surface area contributed by atoms with Gasteiger partial charge in [-0.25, -0.2) is 0 Å². The summed E-state index contributed by atoms with van der Waals surface area (Å²) in [5.74, 6) is 1.93. The Labute approximate surface area is 119 Å². The predicted molar refractivity (Wildman–Crippen MR) is 77.7 cm³/mol. The number of hydrogen-bond acceptors (Lipinski definition) is 3. The van der Waals surface area contributed by atoms with Crippen molar-refractivity contribution >= 4 is 5.91 Å². The lowest BCUT2D eigenvalue weighted by Gasteiger charge is -2.18. The topological polar surface area (TPSA) is 55.6 Å². The summed E-state index contributed by atoms with van der Waals surface area (Å²) < 4.78 is 5.82. The molecule has 1 aliphatic carbocycles. The fraction of sp³-hybridized carbons (Fsp3) is 0.562. The molecule has 1 amide bonds. The van der Waals surface area contributed by atoms with Crippen LogP contribution in [-0.4, -0.2) is 37.0 Å². The highest BCUT2D eigenvalue weighted by Gasteiger charge is 2.28. The van der Waals surface area contributed by atoms with Crippen molar-refractivity contribution < 1.29 is 9.53 Å². The van der Waals surface area contributed by atoms with Crippen molar-refractivity contribution in [1.29, 1.82) is 0 Å². The number of nitrogens with zero attached hydrogens (tertiary/aromatic N) is 1. The Kier molecular flexibility index (Phi) is 3.92. The molecule has 0 aromatic heterocycles. The van der Waals surface area contributed by atoms with Gasteiger partial charge < -0.3 is 15.4 Å². The molecule has 2 aliphatic rings. The first-order chi connectivity index (χ1) is 9.78. The molecule has 3 rings (SSSR count). The molecule has 0 radical (unpaired) electrons. The molecule has 0 unspecified atom stereocenters. The average Bonchev–Trinajstić information content (AvgIpc) is 3.19. The fourth-order valence-electron chi connectivity index (χ4n) is 2.64. The summed E-state index contributed by atoms with van der Waals surface area (Å²) >= 11 is 0. The smallest absolute Gasteiger partial charge is 0.257 e. The van der Waals surface area contributed by atoms with Crippen LogP contribution in [-0.2, 0) is 0 Å². The second kappa shape index (κ2) is 5.83. The van der Waals surface area contributed by atoms with Gasteiger partial charge in [0.1, 0.15) is 5.75 Å². The lowest BCUT2D eigenvalue weighted by molar-refractivity contribution is 0.0783. The molecule has 1 saturated carbocycles. The molecule has 108 valence electrons. The molecule has 1 heterocycles. The Hall–Kier alpha value is -1.55. The summed E-state index contributed by atoms with van der Waals surface area (Å²) in [5.41, 5.74) is 6.38. The van der Waals surface area contributed by atoms with Crippen molar-refractivity contribution in [2.45, 2.75) is 19.3 Å². The molecule has 1 atom stereocenters. The van der Waals surface area contributed by atoms with Gasteiger partial charge in [-0.15, -0.1) is 0 Å².